The van der Waals surface area contributed by atoms with Crippen LogP contribution in [-0.2, 0) is 6.54 Å². The highest BCUT2D eigenvalue weighted by molar-refractivity contribution is 5.97. The number of nitrogens with one attached hydrogen (secondary N) is 1. The molecule has 6 heteroatoms. The van der Waals surface area contributed by atoms with Crippen molar-refractivity contribution in [1.82, 2.24) is 10.3 Å². The summed E-state index contributed by atoms with van der Waals surface area (Å²) < 4.78 is 5.95. The van der Waals surface area contributed by atoms with Crippen LogP contribution in [0.5, 0.6) is 11.5 Å². The number of benzene rings is 2. The van der Waals surface area contributed by atoms with Gasteiger partial charge in [0.05, 0.1) is 12.2 Å². The van der Waals surface area contributed by atoms with Crippen molar-refractivity contribution in [2.24, 2.45) is 5.73 Å². The molecule has 23 heavy (non-hydrogen) atoms. The van der Waals surface area contributed by atoms with E-state index in [2.05, 4.69) is 10.3 Å². The fourth-order valence-electron chi connectivity index (χ4n) is 2.30. The molecule has 5 N–H and O–H groups in total. The number of amides is 2. The number of ether oxygens (including phenoxy) is 1. The van der Waals surface area contributed by atoms with Crippen molar-refractivity contribution >= 4 is 22.5 Å². The second-order valence-electron chi connectivity index (χ2n) is 5.00. The van der Waals surface area contributed by atoms with Crippen LogP contribution in [-0.4, -0.2) is 11.0 Å². The van der Waals surface area contributed by atoms with Crippen molar-refractivity contribution < 1.29 is 9.53 Å². The molecule has 3 aromatic rings. The van der Waals surface area contributed by atoms with Crippen LogP contribution in [0.4, 0.5) is 10.5 Å². The van der Waals surface area contributed by atoms with E-state index in [-0.39, 0.29) is 6.54 Å². The Morgan fingerprint density at radius 1 is 1.13 bits per heavy atom. The number of urea groups is 1. The largest absolute Gasteiger partial charge is 0.457 e. The lowest BCUT2D eigenvalue weighted by atomic mass is 10.1. The molecule has 116 valence electrons. The first-order valence-electron chi connectivity index (χ1n) is 7.07. The zero-order valence-corrected chi connectivity index (χ0v) is 12.3. The minimum absolute atomic E-state index is 0.245. The first-order chi connectivity index (χ1) is 11.1. The number of carbonyl (C=O) groups excluding carboxylic acids is 1. The molecule has 0 spiro atoms. The topological polar surface area (TPSA) is 103 Å². The van der Waals surface area contributed by atoms with Gasteiger partial charge in [-0.15, -0.1) is 0 Å². The second-order valence-corrected chi connectivity index (χ2v) is 5.00. The summed E-state index contributed by atoms with van der Waals surface area (Å²) in [6, 6.07) is 14.3. The highest BCUT2D eigenvalue weighted by atomic mass is 16.5. The van der Waals surface area contributed by atoms with Gasteiger partial charge in [0.2, 0.25) is 0 Å². The second kappa shape index (κ2) is 6.23. The molecular weight excluding hydrogens is 292 g/mol. The smallest absolute Gasteiger partial charge is 0.312 e. The maximum absolute atomic E-state index is 10.8. The van der Waals surface area contributed by atoms with E-state index in [0.717, 1.165) is 10.8 Å². The van der Waals surface area contributed by atoms with Crippen molar-refractivity contribution in [3.05, 3.63) is 60.4 Å². The van der Waals surface area contributed by atoms with E-state index in [1.54, 1.807) is 18.3 Å². The number of pyridine rings is 1. The maximum atomic E-state index is 10.8. The normalized spacial score (nSPS) is 10.4. The Morgan fingerprint density at radius 2 is 1.91 bits per heavy atom. The van der Waals surface area contributed by atoms with Crippen LogP contribution in [0.1, 0.15) is 5.69 Å². The molecule has 0 unspecified atom stereocenters. The van der Waals surface area contributed by atoms with Gasteiger partial charge in [0.1, 0.15) is 11.5 Å². The lowest BCUT2D eigenvalue weighted by Gasteiger charge is -2.11. The van der Waals surface area contributed by atoms with Gasteiger partial charge in [-0.2, -0.15) is 0 Å². The van der Waals surface area contributed by atoms with E-state index in [1.807, 2.05) is 36.4 Å². The van der Waals surface area contributed by atoms with Gasteiger partial charge in [0.15, 0.2) is 0 Å². The van der Waals surface area contributed by atoms with Crippen LogP contribution in [0.25, 0.3) is 10.8 Å². The molecule has 1 aromatic heterocycles. The van der Waals surface area contributed by atoms with E-state index in [9.17, 15) is 4.79 Å². The van der Waals surface area contributed by atoms with E-state index in [0.29, 0.717) is 22.9 Å². The number of primary amides is 1. The summed E-state index contributed by atoms with van der Waals surface area (Å²) in [5, 5.41) is 4.37. The Hall–Kier alpha value is -3.28. The number of fused-ring (bicyclic) bond motifs is 1. The molecule has 2 aromatic carbocycles. The number of nitrogens with zero attached hydrogens (tertiary/aromatic N) is 1. The Labute approximate surface area is 133 Å². The molecule has 1 heterocycles. The minimum Gasteiger partial charge on any atom is -0.457 e. The van der Waals surface area contributed by atoms with Gasteiger partial charge >= 0.3 is 6.03 Å². The van der Waals surface area contributed by atoms with Crippen LogP contribution < -0.4 is 21.5 Å². The molecular formula is C17H16N4O2. The summed E-state index contributed by atoms with van der Waals surface area (Å²) in [5.74, 6) is 1.33. The fraction of sp³-hybridized carbons (Fsp3) is 0.0588. The Kier molecular flexibility index (Phi) is 3.97. The number of nitrogen functional groups attached to an aromatic ring is 1. The fourth-order valence-corrected chi connectivity index (χ4v) is 2.30. The van der Waals surface area contributed by atoms with E-state index in [1.165, 1.54) is 0 Å². The molecule has 0 aliphatic carbocycles. The third-order valence-corrected chi connectivity index (χ3v) is 3.38. The van der Waals surface area contributed by atoms with Crippen LogP contribution in [0.2, 0.25) is 0 Å². The van der Waals surface area contributed by atoms with Crippen molar-refractivity contribution in [2.75, 3.05) is 5.73 Å². The number of rotatable bonds is 4. The predicted molar refractivity (Wildman–Crippen MR) is 89.1 cm³/mol. The van der Waals surface area contributed by atoms with Gasteiger partial charge in [-0.3, -0.25) is 4.98 Å². The first kappa shape index (κ1) is 14.6. The van der Waals surface area contributed by atoms with Gasteiger partial charge in [-0.05, 0) is 18.2 Å². The molecule has 6 nitrogen and oxygen atoms in total. The summed E-state index contributed by atoms with van der Waals surface area (Å²) in [6.45, 7) is 0.245. The molecule has 0 aliphatic rings. The molecule has 0 aliphatic heterocycles. The summed E-state index contributed by atoms with van der Waals surface area (Å²) in [5.41, 5.74) is 12.4. The highest BCUT2D eigenvalue weighted by Crippen LogP contribution is 2.33. The summed E-state index contributed by atoms with van der Waals surface area (Å²) in [7, 11) is 0. The van der Waals surface area contributed by atoms with Crippen molar-refractivity contribution in [3.8, 4) is 11.5 Å². The third kappa shape index (κ3) is 3.32. The van der Waals surface area contributed by atoms with Gasteiger partial charge in [0, 0.05) is 28.7 Å². The summed E-state index contributed by atoms with van der Waals surface area (Å²) >= 11 is 0. The molecule has 0 saturated carbocycles. The average molecular weight is 308 g/mol. The molecule has 0 fully saturated rings. The number of hydrogen-bond acceptors (Lipinski definition) is 4. The zero-order chi connectivity index (χ0) is 16.2. The average Bonchev–Trinajstić information content (AvgIpc) is 2.56. The first-order valence-corrected chi connectivity index (χ1v) is 7.07. The molecule has 0 radical (unpaired) electrons. The minimum atomic E-state index is -0.595. The molecule has 0 saturated heterocycles. The predicted octanol–water partition coefficient (Wildman–Crippen LogP) is 2.78. The van der Waals surface area contributed by atoms with Gasteiger partial charge < -0.3 is 21.5 Å². The van der Waals surface area contributed by atoms with E-state index >= 15 is 0 Å². The Morgan fingerprint density at radius 3 is 2.70 bits per heavy atom. The summed E-state index contributed by atoms with van der Waals surface area (Å²) in [4.78, 5) is 14.9. The number of carbonyl (C=O) groups is 1. The van der Waals surface area contributed by atoms with Crippen molar-refractivity contribution in [1.29, 1.82) is 0 Å². The van der Waals surface area contributed by atoms with E-state index < -0.39 is 6.03 Å². The Balaban J connectivity index is 1.89. The van der Waals surface area contributed by atoms with Crippen molar-refractivity contribution in [2.45, 2.75) is 6.54 Å². The lowest BCUT2D eigenvalue weighted by molar-refractivity contribution is 0.248. The highest BCUT2D eigenvalue weighted by Gasteiger charge is 2.07. The van der Waals surface area contributed by atoms with Crippen LogP contribution in [0.15, 0.2) is 54.7 Å². The van der Waals surface area contributed by atoms with Gasteiger partial charge in [0.25, 0.3) is 0 Å². The summed E-state index contributed by atoms with van der Waals surface area (Å²) in [6.07, 6.45) is 1.62. The number of hydrogen-bond donors (Lipinski definition) is 3. The van der Waals surface area contributed by atoms with Crippen molar-refractivity contribution in [3.63, 3.8) is 0 Å². The molecule has 2 amide bonds. The van der Waals surface area contributed by atoms with Gasteiger partial charge in [-0.25, -0.2) is 4.79 Å². The Bertz CT molecular complexity index is 864. The number of anilines is 1. The standard InChI is InChI=1S/C17H16N4O2/c18-15-5-6-16(14-4-2-1-3-13(14)15)23-12-7-8-20-11(9-12)10-21-17(19)22/h1-9H,10,18H2,(H3,19,21,22). The molecule has 0 bridgehead atoms. The molecule has 0 atom stereocenters. The molecule has 3 rings (SSSR count). The number of nitrogens with two attached hydrogens (primary N) is 2. The van der Waals surface area contributed by atoms with E-state index in [4.69, 9.17) is 16.2 Å². The third-order valence-electron chi connectivity index (χ3n) is 3.38. The van der Waals surface area contributed by atoms with Gasteiger partial charge in [-0.1, -0.05) is 24.3 Å². The van der Waals surface area contributed by atoms with Crippen LogP contribution >= 0.6 is 0 Å². The maximum Gasteiger partial charge on any atom is 0.312 e. The SMILES string of the molecule is NC(=O)NCc1cc(Oc2ccc(N)c3ccccc23)ccn1. The number of aromatic nitrogens is 1. The van der Waals surface area contributed by atoms with Crippen LogP contribution in [0, 0.1) is 0 Å². The zero-order valence-electron chi connectivity index (χ0n) is 12.3. The lowest BCUT2D eigenvalue weighted by Crippen LogP contribution is -2.28. The quantitative estimate of drug-likeness (QED) is 0.645. The monoisotopic (exact) mass is 308 g/mol. The van der Waals surface area contributed by atoms with Crippen LogP contribution in [0.3, 0.4) is 0 Å².